The second-order valence-electron chi connectivity index (χ2n) is 10.6. The van der Waals surface area contributed by atoms with Crippen LogP contribution in [-0.2, 0) is 11.2 Å². The minimum Gasteiger partial charge on any atom is -0.444 e. The van der Waals surface area contributed by atoms with E-state index in [1.165, 1.54) is 0 Å². The third-order valence-electron chi connectivity index (χ3n) is 4.16. The van der Waals surface area contributed by atoms with Gasteiger partial charge in [0.25, 0.3) is 0 Å². The Kier molecular flexibility index (Phi) is 6.15. The molecule has 1 aliphatic heterocycles. The molecular weight excluding hydrogens is 364 g/mol. The van der Waals surface area contributed by atoms with Gasteiger partial charge in [-0.05, 0) is 49.9 Å². The van der Waals surface area contributed by atoms with E-state index in [9.17, 15) is 4.79 Å². The zero-order valence-electron chi connectivity index (χ0n) is 18.8. The molecule has 0 aromatic heterocycles. The van der Waals surface area contributed by atoms with Gasteiger partial charge in [0.05, 0.1) is 11.7 Å². The molecule has 1 N–H and O–H groups in total. The third kappa shape index (κ3) is 6.52. The van der Waals surface area contributed by atoms with Crippen molar-refractivity contribution in [1.29, 1.82) is 0 Å². The van der Waals surface area contributed by atoms with Crippen LogP contribution in [0.1, 0.15) is 52.7 Å². The molecule has 0 spiro atoms. The van der Waals surface area contributed by atoms with Crippen molar-refractivity contribution in [3.05, 3.63) is 29.3 Å². The quantitative estimate of drug-likeness (QED) is 0.529. The topological polar surface area (TPSA) is 50.7 Å². The van der Waals surface area contributed by atoms with Crippen molar-refractivity contribution >= 4 is 25.6 Å². The number of alkyl carbamates (subject to hydrolysis) is 1. The van der Waals surface area contributed by atoms with Crippen LogP contribution in [0, 0.1) is 16.9 Å². The first-order chi connectivity index (χ1) is 12.6. The Morgan fingerprint density at radius 1 is 1.18 bits per heavy atom. The maximum Gasteiger partial charge on any atom is 0.408 e. The Balaban J connectivity index is 2.22. The van der Waals surface area contributed by atoms with Crippen molar-refractivity contribution in [1.82, 2.24) is 5.32 Å². The molecule has 152 valence electrons. The molecule has 4 nitrogen and oxygen atoms in total. The summed E-state index contributed by atoms with van der Waals surface area (Å²) in [6, 6.07) is 5.99. The van der Waals surface area contributed by atoms with Gasteiger partial charge in [-0.25, -0.2) is 4.79 Å². The molecule has 1 amide bonds. The van der Waals surface area contributed by atoms with Gasteiger partial charge in [0, 0.05) is 17.7 Å². The second-order valence-corrected chi connectivity index (χ2v) is 15.3. The molecule has 0 fully saturated rings. The minimum absolute atomic E-state index is 0.182. The highest BCUT2D eigenvalue weighted by atomic mass is 28.3. The molecule has 1 aromatic carbocycles. The molecule has 0 radical (unpaired) electrons. The van der Waals surface area contributed by atoms with E-state index in [0.717, 1.165) is 28.9 Å². The number of amides is 1. The summed E-state index contributed by atoms with van der Waals surface area (Å²) in [4.78, 5) is 17.2. The molecule has 0 bridgehead atoms. The van der Waals surface area contributed by atoms with Crippen LogP contribution in [0.5, 0.6) is 0 Å². The van der Waals surface area contributed by atoms with E-state index in [1.807, 2.05) is 32.9 Å². The summed E-state index contributed by atoms with van der Waals surface area (Å²) in [6.45, 7) is 18.6. The summed E-state index contributed by atoms with van der Waals surface area (Å²) in [7, 11) is -1.41. The molecule has 1 atom stereocenters. The zero-order chi connectivity index (χ0) is 21.3. The van der Waals surface area contributed by atoms with Gasteiger partial charge in [0.1, 0.15) is 13.7 Å². The molecule has 1 aromatic rings. The number of hydrogen-bond acceptors (Lipinski definition) is 3. The van der Waals surface area contributed by atoms with Gasteiger partial charge in [-0.1, -0.05) is 46.3 Å². The SMILES string of the molecule is CC(C)(C)OC(=O)N[C@H](C1=Nc2ccc(C#C[Si](C)(C)C)cc2C1)C(C)(C)C. The number of carbonyl (C=O) groups excluding carboxylic acids is 1. The summed E-state index contributed by atoms with van der Waals surface area (Å²) in [5.41, 5.74) is 6.83. The zero-order valence-corrected chi connectivity index (χ0v) is 19.8. The molecule has 1 aliphatic rings. The Bertz CT molecular complexity index is 841. The van der Waals surface area contributed by atoms with Crippen molar-refractivity contribution in [2.24, 2.45) is 10.4 Å². The lowest BCUT2D eigenvalue weighted by Crippen LogP contribution is -2.50. The molecule has 0 unspecified atom stereocenters. The Hall–Kier alpha value is -2.06. The Morgan fingerprint density at radius 2 is 1.82 bits per heavy atom. The number of benzene rings is 1. The van der Waals surface area contributed by atoms with Crippen LogP contribution in [0.3, 0.4) is 0 Å². The van der Waals surface area contributed by atoms with E-state index < -0.39 is 19.8 Å². The average molecular weight is 399 g/mol. The van der Waals surface area contributed by atoms with Gasteiger partial charge in [-0.2, -0.15) is 0 Å². The lowest BCUT2D eigenvalue weighted by atomic mass is 9.82. The Labute approximate surface area is 171 Å². The number of carbonyl (C=O) groups is 1. The molecule has 5 heteroatoms. The summed E-state index contributed by atoms with van der Waals surface area (Å²) in [6.07, 6.45) is 0.308. The third-order valence-corrected chi connectivity index (χ3v) is 5.03. The molecule has 28 heavy (non-hydrogen) atoms. The fourth-order valence-corrected chi connectivity index (χ4v) is 3.47. The lowest BCUT2D eigenvalue weighted by Gasteiger charge is -2.32. The molecule has 0 saturated heterocycles. The van der Waals surface area contributed by atoms with Gasteiger partial charge in [0.2, 0.25) is 0 Å². The van der Waals surface area contributed by atoms with Crippen LogP contribution >= 0.6 is 0 Å². The maximum absolute atomic E-state index is 12.4. The highest BCUT2D eigenvalue weighted by Crippen LogP contribution is 2.32. The molecular formula is C23H34N2O2Si. The summed E-state index contributed by atoms with van der Waals surface area (Å²) < 4.78 is 5.46. The number of ether oxygens (including phenoxy) is 1. The van der Waals surface area contributed by atoms with E-state index in [2.05, 4.69) is 63.3 Å². The standard InChI is InChI=1S/C23H34N2O2Si/c1-22(2,3)20(25-21(26)27-23(4,5)6)19-15-17-14-16(10-11-18(17)24-19)12-13-28(7,8)9/h10-11,14,20H,15H2,1-9H3,(H,25,26)/t20-/m1/s1. The highest BCUT2D eigenvalue weighted by Gasteiger charge is 2.34. The van der Waals surface area contributed by atoms with E-state index >= 15 is 0 Å². The van der Waals surface area contributed by atoms with Crippen LogP contribution in [-0.4, -0.2) is 31.5 Å². The lowest BCUT2D eigenvalue weighted by molar-refractivity contribution is 0.0491. The number of aliphatic imine (C=N–C) groups is 1. The first kappa shape index (κ1) is 22.2. The highest BCUT2D eigenvalue weighted by molar-refractivity contribution is 6.83. The fraction of sp³-hybridized carbons (Fsp3) is 0.565. The molecule has 2 rings (SSSR count). The van der Waals surface area contributed by atoms with Crippen LogP contribution in [0.25, 0.3) is 0 Å². The first-order valence-electron chi connectivity index (χ1n) is 9.87. The van der Waals surface area contributed by atoms with E-state index in [0.29, 0.717) is 0 Å². The van der Waals surface area contributed by atoms with Gasteiger partial charge in [-0.15, -0.1) is 5.54 Å². The van der Waals surface area contributed by atoms with Crippen LogP contribution < -0.4 is 5.32 Å². The smallest absolute Gasteiger partial charge is 0.408 e. The van der Waals surface area contributed by atoms with Crippen LogP contribution in [0.15, 0.2) is 23.2 Å². The molecule has 1 heterocycles. The number of nitrogens with zero attached hydrogens (tertiary/aromatic N) is 1. The number of hydrogen-bond donors (Lipinski definition) is 1. The van der Waals surface area contributed by atoms with Crippen molar-refractivity contribution in [3.8, 4) is 11.5 Å². The first-order valence-corrected chi connectivity index (χ1v) is 13.4. The molecule has 0 saturated carbocycles. The summed E-state index contributed by atoms with van der Waals surface area (Å²) >= 11 is 0. The fourth-order valence-electron chi connectivity index (χ4n) is 2.95. The summed E-state index contributed by atoms with van der Waals surface area (Å²) in [5.74, 6) is 3.32. The van der Waals surface area contributed by atoms with Crippen molar-refractivity contribution < 1.29 is 9.53 Å². The van der Waals surface area contributed by atoms with Crippen molar-refractivity contribution in [3.63, 3.8) is 0 Å². The van der Waals surface area contributed by atoms with Crippen LogP contribution in [0.2, 0.25) is 19.6 Å². The van der Waals surface area contributed by atoms with Gasteiger partial charge >= 0.3 is 6.09 Å². The summed E-state index contributed by atoms with van der Waals surface area (Å²) in [5, 5.41) is 3.04. The van der Waals surface area contributed by atoms with E-state index in [-0.39, 0.29) is 11.5 Å². The largest absolute Gasteiger partial charge is 0.444 e. The predicted molar refractivity (Wildman–Crippen MR) is 120 cm³/mol. The van der Waals surface area contributed by atoms with E-state index in [4.69, 9.17) is 9.73 Å². The van der Waals surface area contributed by atoms with E-state index in [1.54, 1.807) is 0 Å². The average Bonchev–Trinajstić information content (AvgIpc) is 2.89. The maximum atomic E-state index is 12.4. The predicted octanol–water partition coefficient (Wildman–Crippen LogP) is 5.48. The number of rotatable bonds is 2. The normalized spacial score (nSPS) is 15.1. The van der Waals surface area contributed by atoms with Crippen molar-refractivity contribution in [2.75, 3.05) is 0 Å². The number of fused-ring (bicyclic) bond motifs is 1. The molecule has 0 aliphatic carbocycles. The van der Waals surface area contributed by atoms with Gasteiger partial charge in [0.15, 0.2) is 0 Å². The van der Waals surface area contributed by atoms with Crippen molar-refractivity contribution in [2.45, 2.75) is 79.2 Å². The number of nitrogens with one attached hydrogen (secondary N) is 1. The second kappa shape index (κ2) is 7.75. The monoisotopic (exact) mass is 398 g/mol. The van der Waals surface area contributed by atoms with Gasteiger partial charge in [-0.3, -0.25) is 4.99 Å². The Morgan fingerprint density at radius 3 is 2.36 bits per heavy atom. The van der Waals surface area contributed by atoms with Crippen LogP contribution in [0.4, 0.5) is 10.5 Å². The van der Waals surface area contributed by atoms with Gasteiger partial charge < -0.3 is 10.1 Å². The minimum atomic E-state index is -1.41.